The smallest absolute Gasteiger partial charge is 0.387 e. The van der Waals surface area contributed by atoms with Crippen LogP contribution in [-0.2, 0) is 9.53 Å². The van der Waals surface area contributed by atoms with Gasteiger partial charge in [-0.05, 0) is 43.7 Å². The molecule has 9 heteroatoms. The van der Waals surface area contributed by atoms with Crippen molar-refractivity contribution in [3.8, 4) is 5.75 Å². The second-order valence-corrected chi connectivity index (χ2v) is 8.91. The number of imidazole rings is 1. The van der Waals surface area contributed by atoms with Gasteiger partial charge < -0.3 is 14.8 Å². The molecular weight excluding hydrogens is 476 g/mol. The van der Waals surface area contributed by atoms with E-state index in [4.69, 9.17) is 21.1 Å². The van der Waals surface area contributed by atoms with Crippen molar-refractivity contribution in [1.29, 1.82) is 0 Å². The van der Waals surface area contributed by atoms with Crippen LogP contribution >= 0.6 is 11.6 Å². The SMILES string of the molecule is CCCCCCCOC(=O)C1=C(C)Nc2nc3ccccc3n2C1c1cc(Cl)ccc1OC(F)F. The van der Waals surface area contributed by atoms with Gasteiger partial charge in [-0.1, -0.05) is 56.3 Å². The van der Waals surface area contributed by atoms with E-state index in [1.807, 2.05) is 24.3 Å². The first-order chi connectivity index (χ1) is 16.9. The highest BCUT2D eigenvalue weighted by Gasteiger charge is 2.37. The summed E-state index contributed by atoms with van der Waals surface area (Å²) in [7, 11) is 0. The molecule has 4 rings (SSSR count). The van der Waals surface area contributed by atoms with E-state index in [0.29, 0.717) is 27.7 Å². The number of carbonyl (C=O) groups is 1. The first-order valence-corrected chi connectivity index (χ1v) is 12.1. The molecule has 0 saturated heterocycles. The standard InChI is InChI=1S/C26H28ClF2N3O3/c1-3-4-5-6-9-14-34-24(33)22-16(2)30-26-31-19-10-7-8-11-20(19)32(26)23(22)18-15-17(27)12-13-21(18)35-25(28)29/h7-8,10-13,15,23,25H,3-6,9,14H2,1-2H3,(H,30,31). The predicted molar refractivity (Wildman–Crippen MR) is 132 cm³/mol. The minimum atomic E-state index is -3.04. The molecule has 1 atom stereocenters. The number of anilines is 1. The molecule has 35 heavy (non-hydrogen) atoms. The average Bonchev–Trinajstić information content (AvgIpc) is 3.19. The quantitative estimate of drug-likeness (QED) is 0.236. The van der Waals surface area contributed by atoms with Gasteiger partial charge in [0.1, 0.15) is 5.75 Å². The third-order valence-electron chi connectivity index (χ3n) is 6.01. The molecule has 0 spiro atoms. The molecule has 1 aliphatic rings. The van der Waals surface area contributed by atoms with E-state index in [1.165, 1.54) is 12.1 Å². The second kappa shape index (κ2) is 11.1. The molecule has 0 fully saturated rings. The lowest BCUT2D eigenvalue weighted by Crippen LogP contribution is -2.29. The normalized spacial score (nSPS) is 15.3. The zero-order chi connectivity index (χ0) is 24.9. The molecule has 2 aromatic carbocycles. The molecule has 0 bridgehead atoms. The maximum atomic E-state index is 13.4. The summed E-state index contributed by atoms with van der Waals surface area (Å²) in [6.45, 7) is 1.12. The van der Waals surface area contributed by atoms with E-state index in [-0.39, 0.29) is 17.9 Å². The Balaban J connectivity index is 1.77. The number of esters is 1. The zero-order valence-corrected chi connectivity index (χ0v) is 20.4. The number of alkyl halides is 2. The number of aromatic nitrogens is 2. The maximum absolute atomic E-state index is 13.4. The van der Waals surface area contributed by atoms with Crippen molar-refractivity contribution in [3.05, 3.63) is 64.3 Å². The summed E-state index contributed by atoms with van der Waals surface area (Å²) in [4.78, 5) is 18.0. The molecule has 0 radical (unpaired) electrons. The first-order valence-electron chi connectivity index (χ1n) is 11.8. The van der Waals surface area contributed by atoms with Gasteiger partial charge in [-0.3, -0.25) is 4.57 Å². The molecular formula is C26H28ClF2N3O3. The van der Waals surface area contributed by atoms with Crippen LogP contribution in [0.5, 0.6) is 5.75 Å². The highest BCUT2D eigenvalue weighted by Crippen LogP contribution is 2.43. The first kappa shape index (κ1) is 25.0. The number of rotatable bonds is 10. The third-order valence-corrected chi connectivity index (χ3v) is 6.25. The van der Waals surface area contributed by atoms with Crippen LogP contribution in [0.1, 0.15) is 57.6 Å². The lowest BCUT2D eigenvalue weighted by Gasteiger charge is -2.31. The largest absolute Gasteiger partial charge is 0.462 e. The monoisotopic (exact) mass is 503 g/mol. The van der Waals surface area contributed by atoms with Gasteiger partial charge in [0.05, 0.1) is 29.3 Å². The molecule has 1 aliphatic heterocycles. The third kappa shape index (κ3) is 5.42. The van der Waals surface area contributed by atoms with Crippen molar-refractivity contribution in [1.82, 2.24) is 9.55 Å². The van der Waals surface area contributed by atoms with Crippen LogP contribution in [0.4, 0.5) is 14.7 Å². The molecule has 186 valence electrons. The molecule has 1 unspecified atom stereocenters. The van der Waals surface area contributed by atoms with Gasteiger partial charge in [0.2, 0.25) is 5.95 Å². The zero-order valence-electron chi connectivity index (χ0n) is 19.7. The summed E-state index contributed by atoms with van der Waals surface area (Å²) in [5.74, 6) is -0.118. The number of hydrogen-bond acceptors (Lipinski definition) is 5. The Morgan fingerprint density at radius 1 is 1.17 bits per heavy atom. The molecule has 2 heterocycles. The summed E-state index contributed by atoms with van der Waals surface area (Å²) in [6, 6.07) is 11.0. The molecule has 0 amide bonds. The van der Waals surface area contributed by atoms with Gasteiger partial charge in [0.15, 0.2) is 0 Å². The van der Waals surface area contributed by atoms with Gasteiger partial charge >= 0.3 is 12.6 Å². The van der Waals surface area contributed by atoms with Gasteiger partial charge in [0.25, 0.3) is 0 Å². The number of unbranched alkanes of at least 4 members (excludes halogenated alkanes) is 4. The second-order valence-electron chi connectivity index (χ2n) is 8.47. The van der Waals surface area contributed by atoms with Crippen molar-refractivity contribution in [2.75, 3.05) is 11.9 Å². The van der Waals surface area contributed by atoms with Crippen LogP contribution in [0.3, 0.4) is 0 Å². The fourth-order valence-electron chi connectivity index (χ4n) is 4.41. The Kier molecular flexibility index (Phi) is 7.90. The molecule has 1 N–H and O–H groups in total. The fourth-order valence-corrected chi connectivity index (χ4v) is 4.59. The Bertz CT molecular complexity index is 1240. The number of hydrogen-bond donors (Lipinski definition) is 1. The Morgan fingerprint density at radius 2 is 1.94 bits per heavy atom. The van der Waals surface area contributed by atoms with Gasteiger partial charge in [-0.25, -0.2) is 9.78 Å². The number of ether oxygens (including phenoxy) is 2. The Morgan fingerprint density at radius 3 is 2.71 bits per heavy atom. The van der Waals surface area contributed by atoms with Crippen LogP contribution < -0.4 is 10.1 Å². The molecule has 1 aromatic heterocycles. The summed E-state index contributed by atoms with van der Waals surface area (Å²) in [6.07, 6.45) is 5.08. The van der Waals surface area contributed by atoms with E-state index in [2.05, 4.69) is 17.2 Å². The summed E-state index contributed by atoms with van der Waals surface area (Å²) < 4.78 is 38.9. The topological polar surface area (TPSA) is 65.4 Å². The Labute approximate surface area is 207 Å². The fraction of sp³-hybridized carbons (Fsp3) is 0.385. The average molecular weight is 504 g/mol. The molecule has 6 nitrogen and oxygen atoms in total. The molecule has 3 aromatic rings. The van der Waals surface area contributed by atoms with E-state index >= 15 is 0 Å². The number of para-hydroxylation sites is 2. The summed E-state index contributed by atoms with van der Waals surface area (Å²) >= 11 is 6.28. The van der Waals surface area contributed by atoms with Crippen LogP contribution in [0.2, 0.25) is 5.02 Å². The van der Waals surface area contributed by atoms with E-state index in [9.17, 15) is 13.6 Å². The van der Waals surface area contributed by atoms with Gasteiger partial charge in [-0.2, -0.15) is 8.78 Å². The van der Waals surface area contributed by atoms with Crippen molar-refractivity contribution >= 4 is 34.6 Å². The number of allylic oxidation sites excluding steroid dienone is 1. The van der Waals surface area contributed by atoms with Crippen LogP contribution in [0.15, 0.2) is 53.7 Å². The predicted octanol–water partition coefficient (Wildman–Crippen LogP) is 7.09. The number of nitrogens with zero attached hydrogens (tertiary/aromatic N) is 2. The lowest BCUT2D eigenvalue weighted by molar-refractivity contribution is -0.139. The van der Waals surface area contributed by atoms with Crippen molar-refractivity contribution in [2.24, 2.45) is 0 Å². The van der Waals surface area contributed by atoms with Crippen LogP contribution in [0.25, 0.3) is 11.0 Å². The number of fused-ring (bicyclic) bond motifs is 3. The lowest BCUT2D eigenvalue weighted by atomic mass is 9.94. The van der Waals surface area contributed by atoms with E-state index in [0.717, 1.165) is 37.6 Å². The molecule has 0 aliphatic carbocycles. The van der Waals surface area contributed by atoms with Gasteiger partial charge in [-0.15, -0.1) is 0 Å². The Hall–Kier alpha value is -3.13. The number of carbonyl (C=O) groups excluding carboxylic acids is 1. The van der Waals surface area contributed by atoms with Crippen LogP contribution in [0, 0.1) is 0 Å². The van der Waals surface area contributed by atoms with Crippen LogP contribution in [-0.4, -0.2) is 28.7 Å². The number of nitrogens with one attached hydrogen (secondary N) is 1. The maximum Gasteiger partial charge on any atom is 0.387 e. The number of benzene rings is 2. The summed E-state index contributed by atoms with van der Waals surface area (Å²) in [5, 5.41) is 3.51. The highest BCUT2D eigenvalue weighted by atomic mass is 35.5. The summed E-state index contributed by atoms with van der Waals surface area (Å²) in [5.41, 5.74) is 2.54. The minimum absolute atomic E-state index is 0.0716. The van der Waals surface area contributed by atoms with Gasteiger partial charge in [0, 0.05) is 16.3 Å². The van der Waals surface area contributed by atoms with E-state index in [1.54, 1.807) is 17.6 Å². The van der Waals surface area contributed by atoms with Crippen molar-refractivity contribution < 1.29 is 23.0 Å². The number of halogens is 3. The highest BCUT2D eigenvalue weighted by molar-refractivity contribution is 6.30. The minimum Gasteiger partial charge on any atom is -0.462 e. The van der Waals surface area contributed by atoms with E-state index < -0.39 is 18.6 Å². The van der Waals surface area contributed by atoms with Crippen molar-refractivity contribution in [3.63, 3.8) is 0 Å². The van der Waals surface area contributed by atoms with Crippen molar-refractivity contribution in [2.45, 2.75) is 58.6 Å². The molecule has 0 saturated carbocycles.